The molecule has 0 aromatic heterocycles. The van der Waals surface area contributed by atoms with Gasteiger partial charge in [-0.15, -0.1) is 0 Å². The lowest BCUT2D eigenvalue weighted by atomic mass is 10.2. The van der Waals surface area contributed by atoms with Gasteiger partial charge in [0.15, 0.2) is 0 Å². The number of nitrogens with one attached hydrogen (secondary N) is 1. The first-order valence-corrected chi connectivity index (χ1v) is 5.72. The van der Waals surface area contributed by atoms with Crippen molar-refractivity contribution < 1.29 is 4.74 Å². The summed E-state index contributed by atoms with van der Waals surface area (Å²) in [5.41, 5.74) is 1.22. The predicted molar refractivity (Wildman–Crippen MR) is 66.3 cm³/mol. The molecule has 0 aromatic rings. The van der Waals surface area contributed by atoms with Crippen molar-refractivity contribution >= 4 is 0 Å². The summed E-state index contributed by atoms with van der Waals surface area (Å²) in [5, 5.41) is 3.36. The van der Waals surface area contributed by atoms with E-state index in [1.54, 1.807) is 0 Å². The van der Waals surface area contributed by atoms with Crippen molar-refractivity contribution in [1.82, 2.24) is 10.2 Å². The van der Waals surface area contributed by atoms with Gasteiger partial charge in [0.1, 0.15) is 0 Å². The van der Waals surface area contributed by atoms with Crippen LogP contribution >= 0.6 is 0 Å². The van der Waals surface area contributed by atoms with Crippen LogP contribution < -0.4 is 5.32 Å². The van der Waals surface area contributed by atoms with Crippen molar-refractivity contribution in [1.29, 1.82) is 0 Å². The fourth-order valence-electron chi connectivity index (χ4n) is 1.23. The van der Waals surface area contributed by atoms with Crippen LogP contribution in [0.3, 0.4) is 0 Å². The average Bonchev–Trinajstić information content (AvgIpc) is 2.15. The van der Waals surface area contributed by atoms with Crippen LogP contribution in [0.15, 0.2) is 12.2 Å². The number of hydrogen-bond acceptors (Lipinski definition) is 3. The normalized spacial score (nSPS) is 11.3. The Bertz CT molecular complexity index is 169. The molecular weight excluding hydrogens is 188 g/mol. The molecule has 0 atom stereocenters. The molecule has 3 heteroatoms. The minimum atomic E-state index is 0.524. The molecule has 0 saturated carbocycles. The molecule has 0 heterocycles. The Kier molecular flexibility index (Phi) is 8.67. The zero-order chi connectivity index (χ0) is 11.7. The Hall–Kier alpha value is -0.380. The Morgan fingerprint density at radius 2 is 2.13 bits per heavy atom. The van der Waals surface area contributed by atoms with Crippen LogP contribution in [-0.4, -0.2) is 50.8 Å². The maximum absolute atomic E-state index is 5.30. The van der Waals surface area contributed by atoms with Crippen molar-refractivity contribution in [3.05, 3.63) is 12.2 Å². The molecule has 0 radical (unpaired) electrons. The average molecular weight is 214 g/mol. The van der Waals surface area contributed by atoms with Crippen LogP contribution in [0.2, 0.25) is 0 Å². The first kappa shape index (κ1) is 14.6. The first-order valence-electron chi connectivity index (χ1n) is 5.72. The second kappa shape index (κ2) is 8.89. The maximum Gasteiger partial charge on any atom is 0.0593 e. The van der Waals surface area contributed by atoms with E-state index in [4.69, 9.17) is 4.74 Å². The predicted octanol–water partition coefficient (Wildman–Crippen LogP) is 1.51. The molecule has 0 bridgehead atoms. The van der Waals surface area contributed by atoms with Crippen LogP contribution in [0, 0.1) is 0 Å². The first-order chi connectivity index (χ1) is 7.06. The Morgan fingerprint density at radius 1 is 1.47 bits per heavy atom. The van der Waals surface area contributed by atoms with E-state index in [0.717, 1.165) is 32.8 Å². The van der Waals surface area contributed by atoms with Gasteiger partial charge in [-0.05, 0) is 19.5 Å². The van der Waals surface area contributed by atoms with Gasteiger partial charge in [-0.3, -0.25) is 0 Å². The van der Waals surface area contributed by atoms with E-state index in [1.165, 1.54) is 5.57 Å². The molecular formula is C12H26N2O. The summed E-state index contributed by atoms with van der Waals surface area (Å²) >= 11 is 0. The van der Waals surface area contributed by atoms with E-state index in [-0.39, 0.29) is 0 Å². The Labute approximate surface area is 94.5 Å². The molecule has 0 spiro atoms. The minimum absolute atomic E-state index is 0.524. The molecule has 0 rings (SSSR count). The largest absolute Gasteiger partial charge is 0.380 e. The molecule has 0 aromatic carbocycles. The summed E-state index contributed by atoms with van der Waals surface area (Å²) < 4.78 is 5.30. The van der Waals surface area contributed by atoms with Gasteiger partial charge in [0.25, 0.3) is 0 Å². The molecule has 1 N–H and O–H groups in total. The summed E-state index contributed by atoms with van der Waals surface area (Å²) in [4.78, 5) is 2.24. The van der Waals surface area contributed by atoms with Gasteiger partial charge in [0.05, 0.1) is 6.61 Å². The summed E-state index contributed by atoms with van der Waals surface area (Å²) in [6.07, 6.45) is 0. The molecule has 0 aliphatic rings. The van der Waals surface area contributed by atoms with Gasteiger partial charge in [-0.1, -0.05) is 20.4 Å². The molecule has 0 unspecified atom stereocenters. The standard InChI is InChI=1S/C12H26N2O/c1-6-15-8-7-14(5)10-12(4)9-13-11(2)3/h11,13H,4,6-10H2,1-3,5H3. The highest BCUT2D eigenvalue weighted by Crippen LogP contribution is 1.94. The van der Waals surface area contributed by atoms with Crippen molar-refractivity contribution in [2.45, 2.75) is 26.8 Å². The fourth-order valence-corrected chi connectivity index (χ4v) is 1.23. The molecule has 3 nitrogen and oxygen atoms in total. The van der Waals surface area contributed by atoms with Gasteiger partial charge < -0.3 is 15.0 Å². The maximum atomic E-state index is 5.30. The molecule has 0 aliphatic heterocycles. The van der Waals surface area contributed by atoms with Crippen LogP contribution in [0.5, 0.6) is 0 Å². The second-order valence-electron chi connectivity index (χ2n) is 4.22. The summed E-state index contributed by atoms with van der Waals surface area (Å²) in [7, 11) is 2.10. The van der Waals surface area contributed by atoms with Crippen LogP contribution in [0.25, 0.3) is 0 Å². The summed E-state index contributed by atoms with van der Waals surface area (Å²) in [6, 6.07) is 0.524. The monoisotopic (exact) mass is 214 g/mol. The zero-order valence-electron chi connectivity index (χ0n) is 10.7. The third kappa shape index (κ3) is 9.91. The minimum Gasteiger partial charge on any atom is -0.380 e. The zero-order valence-corrected chi connectivity index (χ0v) is 10.7. The van der Waals surface area contributed by atoms with Crippen LogP contribution in [0.4, 0.5) is 0 Å². The lowest BCUT2D eigenvalue weighted by Crippen LogP contribution is -2.31. The van der Waals surface area contributed by atoms with E-state index < -0.39 is 0 Å². The fraction of sp³-hybridized carbons (Fsp3) is 0.833. The van der Waals surface area contributed by atoms with Gasteiger partial charge in [0, 0.05) is 32.3 Å². The second-order valence-corrected chi connectivity index (χ2v) is 4.22. The number of likely N-dealkylation sites (N-methyl/N-ethyl adjacent to an activating group) is 1. The molecule has 0 amide bonds. The van der Waals surface area contributed by atoms with Crippen molar-refractivity contribution in [2.24, 2.45) is 0 Å². The molecule has 0 aliphatic carbocycles. The van der Waals surface area contributed by atoms with Crippen molar-refractivity contribution in [3.63, 3.8) is 0 Å². The molecule has 15 heavy (non-hydrogen) atoms. The van der Waals surface area contributed by atoms with E-state index in [0.29, 0.717) is 6.04 Å². The lowest BCUT2D eigenvalue weighted by Gasteiger charge is -2.19. The van der Waals surface area contributed by atoms with Crippen LogP contribution in [-0.2, 0) is 4.74 Å². The molecule has 0 fully saturated rings. The Balaban J connectivity index is 3.49. The number of nitrogens with zero attached hydrogens (tertiary/aromatic N) is 1. The Morgan fingerprint density at radius 3 is 2.67 bits per heavy atom. The highest BCUT2D eigenvalue weighted by atomic mass is 16.5. The summed E-state index contributed by atoms with van der Waals surface area (Å²) in [5.74, 6) is 0. The topological polar surface area (TPSA) is 24.5 Å². The van der Waals surface area contributed by atoms with Gasteiger partial charge in [0.2, 0.25) is 0 Å². The number of hydrogen-bond donors (Lipinski definition) is 1. The van der Waals surface area contributed by atoms with E-state index >= 15 is 0 Å². The number of rotatable bonds is 9. The van der Waals surface area contributed by atoms with Crippen LogP contribution in [0.1, 0.15) is 20.8 Å². The summed E-state index contributed by atoms with van der Waals surface area (Å²) in [6.45, 7) is 14.8. The third-order valence-electron chi connectivity index (χ3n) is 2.08. The van der Waals surface area contributed by atoms with Crippen molar-refractivity contribution in [2.75, 3.05) is 39.9 Å². The lowest BCUT2D eigenvalue weighted by molar-refractivity contribution is 0.125. The van der Waals surface area contributed by atoms with E-state index in [1.807, 2.05) is 6.92 Å². The highest BCUT2D eigenvalue weighted by Gasteiger charge is 2.01. The smallest absolute Gasteiger partial charge is 0.0593 e. The van der Waals surface area contributed by atoms with Gasteiger partial charge in [-0.2, -0.15) is 0 Å². The quantitative estimate of drug-likeness (QED) is 0.465. The SMILES string of the molecule is C=C(CNC(C)C)CN(C)CCOCC. The van der Waals surface area contributed by atoms with Gasteiger partial charge >= 0.3 is 0 Å². The van der Waals surface area contributed by atoms with E-state index in [9.17, 15) is 0 Å². The number of ether oxygens (including phenoxy) is 1. The molecule has 0 saturated heterocycles. The van der Waals surface area contributed by atoms with Gasteiger partial charge in [-0.25, -0.2) is 0 Å². The highest BCUT2D eigenvalue weighted by molar-refractivity contribution is 4.99. The third-order valence-corrected chi connectivity index (χ3v) is 2.08. The molecule has 90 valence electrons. The van der Waals surface area contributed by atoms with Crippen molar-refractivity contribution in [3.8, 4) is 0 Å². The van der Waals surface area contributed by atoms with E-state index in [2.05, 4.69) is 37.7 Å².